The number of carbonyl (C=O) groups excluding carboxylic acids is 2. The second kappa shape index (κ2) is 9.72. The highest BCUT2D eigenvalue weighted by Gasteiger charge is 2.26. The summed E-state index contributed by atoms with van der Waals surface area (Å²) in [7, 11) is 0. The highest BCUT2D eigenvalue weighted by molar-refractivity contribution is 5.79. The molecule has 142 valence electrons. The van der Waals surface area contributed by atoms with Gasteiger partial charge in [0.1, 0.15) is 0 Å². The molecule has 2 amide bonds. The summed E-state index contributed by atoms with van der Waals surface area (Å²) in [6, 6.07) is 10.4. The molecule has 1 aromatic rings. The Hall–Kier alpha value is -1.88. The minimum atomic E-state index is 0.0623. The van der Waals surface area contributed by atoms with Crippen molar-refractivity contribution in [2.45, 2.75) is 45.1 Å². The van der Waals surface area contributed by atoms with E-state index in [4.69, 9.17) is 0 Å². The van der Waals surface area contributed by atoms with Crippen LogP contribution in [0.1, 0.15) is 44.1 Å². The van der Waals surface area contributed by atoms with Gasteiger partial charge in [0.15, 0.2) is 0 Å². The van der Waals surface area contributed by atoms with Gasteiger partial charge in [-0.1, -0.05) is 36.8 Å². The van der Waals surface area contributed by atoms with Crippen molar-refractivity contribution in [2.24, 2.45) is 5.92 Å². The molecule has 2 fully saturated rings. The largest absolute Gasteiger partial charge is 0.354 e. The Balaban J connectivity index is 1.41. The second-order valence-electron chi connectivity index (χ2n) is 7.54. The van der Waals surface area contributed by atoms with Crippen LogP contribution in [-0.2, 0) is 16.1 Å². The normalized spacial score (nSPS) is 22.1. The molecule has 1 N–H and O–H groups in total. The Morgan fingerprint density at radius 2 is 1.92 bits per heavy atom. The van der Waals surface area contributed by atoms with Gasteiger partial charge in [0.2, 0.25) is 11.8 Å². The Bertz CT molecular complexity index is 590. The van der Waals surface area contributed by atoms with Gasteiger partial charge in [0.05, 0.1) is 5.92 Å². The first-order valence-electron chi connectivity index (χ1n) is 10.0. The van der Waals surface area contributed by atoms with E-state index in [0.717, 1.165) is 58.3 Å². The van der Waals surface area contributed by atoms with E-state index >= 15 is 0 Å². The van der Waals surface area contributed by atoms with Gasteiger partial charge in [-0.2, -0.15) is 0 Å². The lowest BCUT2D eigenvalue weighted by molar-refractivity contribution is -0.131. The van der Waals surface area contributed by atoms with Crippen LogP contribution in [0, 0.1) is 5.92 Å². The molecule has 1 atom stereocenters. The SMILES string of the molecule is O=C(NCCN1CCCCCC1=O)C1CCCN(Cc2ccccc2)C1. The monoisotopic (exact) mass is 357 g/mol. The maximum absolute atomic E-state index is 12.5. The van der Waals surface area contributed by atoms with E-state index < -0.39 is 0 Å². The average Bonchev–Trinajstić information content (AvgIpc) is 2.87. The van der Waals surface area contributed by atoms with Crippen molar-refractivity contribution in [3.8, 4) is 0 Å². The fraction of sp³-hybridized carbons (Fsp3) is 0.619. The molecule has 2 aliphatic rings. The summed E-state index contributed by atoms with van der Waals surface area (Å²) in [5.41, 5.74) is 1.30. The van der Waals surface area contributed by atoms with E-state index in [1.54, 1.807) is 0 Å². The van der Waals surface area contributed by atoms with Crippen LogP contribution in [0.5, 0.6) is 0 Å². The molecule has 0 saturated carbocycles. The molecule has 2 aliphatic heterocycles. The lowest BCUT2D eigenvalue weighted by Crippen LogP contribution is -2.45. The first-order chi connectivity index (χ1) is 12.7. The average molecular weight is 357 g/mol. The molecule has 2 heterocycles. The Labute approximate surface area is 156 Å². The molecule has 0 spiro atoms. The molecule has 1 unspecified atom stereocenters. The molecule has 0 aliphatic carbocycles. The zero-order chi connectivity index (χ0) is 18.2. The molecule has 5 heteroatoms. The van der Waals surface area contributed by atoms with Gasteiger partial charge in [-0.15, -0.1) is 0 Å². The molecule has 5 nitrogen and oxygen atoms in total. The topological polar surface area (TPSA) is 52.7 Å². The standard InChI is InChI=1S/C21H31N3O2/c25-20-11-5-2-6-14-24(20)15-12-22-21(26)19-10-7-13-23(17-19)16-18-8-3-1-4-9-18/h1,3-4,8-9,19H,2,5-7,10-17H2,(H,22,26). The van der Waals surface area contributed by atoms with Gasteiger partial charge >= 0.3 is 0 Å². The van der Waals surface area contributed by atoms with Gasteiger partial charge in [-0.05, 0) is 37.8 Å². The molecule has 3 rings (SSSR count). The maximum Gasteiger partial charge on any atom is 0.224 e. The van der Waals surface area contributed by atoms with Crippen LogP contribution < -0.4 is 5.32 Å². The number of carbonyl (C=O) groups is 2. The fourth-order valence-electron chi connectivity index (χ4n) is 3.99. The van der Waals surface area contributed by atoms with E-state index in [2.05, 4.69) is 34.5 Å². The summed E-state index contributed by atoms with van der Waals surface area (Å²) in [6.45, 7) is 4.84. The molecule has 0 radical (unpaired) electrons. The van der Waals surface area contributed by atoms with E-state index in [1.165, 1.54) is 5.56 Å². The van der Waals surface area contributed by atoms with Crippen molar-refractivity contribution in [1.82, 2.24) is 15.1 Å². The predicted molar refractivity (Wildman–Crippen MR) is 103 cm³/mol. The lowest BCUT2D eigenvalue weighted by Gasteiger charge is -2.32. The van der Waals surface area contributed by atoms with E-state index in [0.29, 0.717) is 19.5 Å². The number of amides is 2. The van der Waals surface area contributed by atoms with Gasteiger partial charge in [-0.3, -0.25) is 14.5 Å². The van der Waals surface area contributed by atoms with Crippen molar-refractivity contribution in [1.29, 1.82) is 0 Å². The number of benzene rings is 1. The Morgan fingerprint density at radius 1 is 1.08 bits per heavy atom. The van der Waals surface area contributed by atoms with E-state index in [-0.39, 0.29) is 17.7 Å². The number of rotatable bonds is 6. The zero-order valence-corrected chi connectivity index (χ0v) is 15.7. The third-order valence-corrected chi connectivity index (χ3v) is 5.48. The van der Waals surface area contributed by atoms with E-state index in [1.807, 2.05) is 11.0 Å². The third-order valence-electron chi connectivity index (χ3n) is 5.48. The number of piperidine rings is 1. The summed E-state index contributed by atoms with van der Waals surface area (Å²) in [4.78, 5) is 28.8. The van der Waals surface area contributed by atoms with Crippen LogP contribution in [-0.4, -0.2) is 54.3 Å². The Kier molecular flexibility index (Phi) is 7.06. The van der Waals surface area contributed by atoms with Gasteiger partial charge in [0, 0.05) is 39.1 Å². The van der Waals surface area contributed by atoms with Crippen molar-refractivity contribution in [2.75, 3.05) is 32.7 Å². The molecule has 2 saturated heterocycles. The highest BCUT2D eigenvalue weighted by Crippen LogP contribution is 2.19. The minimum absolute atomic E-state index is 0.0623. The summed E-state index contributed by atoms with van der Waals surface area (Å²) >= 11 is 0. The van der Waals surface area contributed by atoms with Crippen LogP contribution in [0.25, 0.3) is 0 Å². The smallest absolute Gasteiger partial charge is 0.224 e. The number of likely N-dealkylation sites (tertiary alicyclic amines) is 2. The van der Waals surface area contributed by atoms with Crippen molar-refractivity contribution in [3.05, 3.63) is 35.9 Å². The van der Waals surface area contributed by atoms with Crippen molar-refractivity contribution in [3.63, 3.8) is 0 Å². The molecule has 0 bridgehead atoms. The molecular weight excluding hydrogens is 326 g/mol. The minimum Gasteiger partial charge on any atom is -0.354 e. The summed E-state index contributed by atoms with van der Waals surface area (Å²) < 4.78 is 0. The first kappa shape index (κ1) is 18.9. The fourth-order valence-corrected chi connectivity index (χ4v) is 3.99. The van der Waals surface area contributed by atoms with Crippen LogP contribution in [0.2, 0.25) is 0 Å². The number of hydrogen-bond acceptors (Lipinski definition) is 3. The van der Waals surface area contributed by atoms with Gasteiger partial charge < -0.3 is 10.2 Å². The molecule has 0 aromatic heterocycles. The second-order valence-corrected chi connectivity index (χ2v) is 7.54. The number of hydrogen-bond donors (Lipinski definition) is 1. The summed E-state index contributed by atoms with van der Waals surface area (Å²) in [5.74, 6) is 0.445. The van der Waals surface area contributed by atoms with Crippen LogP contribution in [0.15, 0.2) is 30.3 Å². The van der Waals surface area contributed by atoms with Crippen molar-refractivity contribution >= 4 is 11.8 Å². The van der Waals surface area contributed by atoms with Crippen LogP contribution in [0.3, 0.4) is 0 Å². The first-order valence-corrected chi connectivity index (χ1v) is 10.0. The molecular formula is C21H31N3O2. The summed E-state index contributed by atoms with van der Waals surface area (Å²) in [6.07, 6.45) is 5.89. The van der Waals surface area contributed by atoms with E-state index in [9.17, 15) is 9.59 Å². The van der Waals surface area contributed by atoms with Crippen molar-refractivity contribution < 1.29 is 9.59 Å². The van der Waals surface area contributed by atoms with Gasteiger partial charge in [-0.25, -0.2) is 0 Å². The molecule has 1 aromatic carbocycles. The van der Waals surface area contributed by atoms with Gasteiger partial charge in [0.25, 0.3) is 0 Å². The lowest BCUT2D eigenvalue weighted by atomic mass is 9.96. The Morgan fingerprint density at radius 3 is 2.77 bits per heavy atom. The third kappa shape index (κ3) is 5.56. The highest BCUT2D eigenvalue weighted by atomic mass is 16.2. The van der Waals surface area contributed by atoms with Crippen LogP contribution >= 0.6 is 0 Å². The maximum atomic E-state index is 12.5. The van der Waals surface area contributed by atoms with Crippen LogP contribution in [0.4, 0.5) is 0 Å². The molecule has 26 heavy (non-hydrogen) atoms. The predicted octanol–water partition coefficient (Wildman–Crippen LogP) is 2.42. The zero-order valence-electron chi connectivity index (χ0n) is 15.7. The number of nitrogens with one attached hydrogen (secondary N) is 1. The quantitative estimate of drug-likeness (QED) is 0.851. The summed E-state index contributed by atoms with van der Waals surface area (Å²) in [5, 5.41) is 3.07. The number of nitrogens with zero attached hydrogens (tertiary/aromatic N) is 2.